The number of amides is 1. The zero-order valence-electron chi connectivity index (χ0n) is 12.7. The van der Waals surface area contributed by atoms with Crippen LogP contribution in [-0.4, -0.2) is 34.1 Å². The van der Waals surface area contributed by atoms with E-state index in [0.29, 0.717) is 24.0 Å². The normalized spacial score (nSPS) is 18.2. The maximum atomic E-state index is 12.4. The third-order valence-corrected chi connectivity index (χ3v) is 3.85. The average molecular weight is 300 g/mol. The van der Waals surface area contributed by atoms with Gasteiger partial charge >= 0.3 is 0 Å². The van der Waals surface area contributed by atoms with E-state index in [9.17, 15) is 4.79 Å². The Balaban J connectivity index is 1.59. The summed E-state index contributed by atoms with van der Waals surface area (Å²) in [6.45, 7) is 4.33. The first-order valence-electron chi connectivity index (χ1n) is 7.61. The minimum Gasteiger partial charge on any atom is -0.467 e. The van der Waals surface area contributed by atoms with Gasteiger partial charge in [0, 0.05) is 13.1 Å². The van der Waals surface area contributed by atoms with Gasteiger partial charge in [-0.2, -0.15) is 0 Å². The van der Waals surface area contributed by atoms with Gasteiger partial charge in [-0.3, -0.25) is 4.79 Å². The molecular formula is C16H20N4O2. The van der Waals surface area contributed by atoms with Crippen molar-refractivity contribution in [1.29, 1.82) is 0 Å². The van der Waals surface area contributed by atoms with Crippen LogP contribution in [-0.2, 0) is 6.54 Å². The molecule has 1 aliphatic rings. The van der Waals surface area contributed by atoms with Gasteiger partial charge in [0.2, 0.25) is 0 Å². The maximum absolute atomic E-state index is 12.4. The molecule has 0 bridgehead atoms. The third kappa shape index (κ3) is 3.44. The second-order valence-electron chi connectivity index (χ2n) is 5.74. The first kappa shape index (κ1) is 14.6. The van der Waals surface area contributed by atoms with Gasteiger partial charge in [-0.1, -0.05) is 6.92 Å². The van der Waals surface area contributed by atoms with Crippen molar-refractivity contribution in [3.63, 3.8) is 0 Å². The molecule has 0 aliphatic carbocycles. The molecule has 1 N–H and O–H groups in total. The molecule has 0 aromatic carbocycles. The Hall–Kier alpha value is -2.37. The van der Waals surface area contributed by atoms with Crippen LogP contribution >= 0.6 is 0 Å². The van der Waals surface area contributed by atoms with E-state index in [1.165, 1.54) is 6.42 Å². The van der Waals surface area contributed by atoms with Crippen molar-refractivity contribution in [2.45, 2.75) is 26.3 Å². The molecule has 1 fully saturated rings. The predicted octanol–water partition coefficient (Wildman–Crippen LogP) is 2.55. The van der Waals surface area contributed by atoms with Gasteiger partial charge in [0.1, 0.15) is 11.6 Å². The molecule has 6 heteroatoms. The lowest BCUT2D eigenvalue weighted by molar-refractivity contribution is 0.0676. The second kappa shape index (κ2) is 6.60. The number of likely N-dealkylation sites (tertiary alicyclic amines) is 1. The average Bonchev–Trinajstić information content (AvgIpc) is 3.06. The van der Waals surface area contributed by atoms with Crippen molar-refractivity contribution in [1.82, 2.24) is 15.1 Å². The zero-order valence-corrected chi connectivity index (χ0v) is 12.7. The summed E-state index contributed by atoms with van der Waals surface area (Å²) in [5.74, 6) is 1.97. The van der Waals surface area contributed by atoms with E-state index in [-0.39, 0.29) is 5.91 Å². The highest BCUT2D eigenvalue weighted by Gasteiger charge is 2.23. The molecule has 2 aromatic heterocycles. The van der Waals surface area contributed by atoms with Crippen molar-refractivity contribution in [2.24, 2.45) is 5.92 Å². The number of nitrogens with zero attached hydrogens (tertiary/aromatic N) is 3. The van der Waals surface area contributed by atoms with Crippen LogP contribution in [0.25, 0.3) is 0 Å². The first-order chi connectivity index (χ1) is 10.7. The molecule has 0 saturated carbocycles. The smallest absolute Gasteiger partial charge is 0.274 e. The Morgan fingerprint density at radius 1 is 1.41 bits per heavy atom. The summed E-state index contributed by atoms with van der Waals surface area (Å²) in [5.41, 5.74) is 0.401. The third-order valence-electron chi connectivity index (χ3n) is 3.85. The molecule has 1 unspecified atom stereocenters. The lowest BCUT2D eigenvalue weighted by Crippen LogP contribution is -2.39. The fraction of sp³-hybridized carbons (Fsp3) is 0.438. The highest BCUT2D eigenvalue weighted by Crippen LogP contribution is 2.17. The Bertz CT molecular complexity index is 610. The summed E-state index contributed by atoms with van der Waals surface area (Å²) in [5, 5.41) is 11.2. The van der Waals surface area contributed by atoms with Gasteiger partial charge in [-0.25, -0.2) is 0 Å². The highest BCUT2D eigenvalue weighted by atomic mass is 16.3. The quantitative estimate of drug-likeness (QED) is 0.939. The van der Waals surface area contributed by atoms with Gasteiger partial charge in [-0.15, -0.1) is 10.2 Å². The Labute approximate surface area is 129 Å². The van der Waals surface area contributed by atoms with Gasteiger partial charge in [0.25, 0.3) is 5.91 Å². The molecule has 22 heavy (non-hydrogen) atoms. The molecule has 0 radical (unpaired) electrons. The molecule has 0 spiro atoms. The predicted molar refractivity (Wildman–Crippen MR) is 82.4 cm³/mol. The fourth-order valence-corrected chi connectivity index (χ4v) is 2.67. The van der Waals surface area contributed by atoms with Crippen LogP contribution in [0.1, 0.15) is 36.0 Å². The van der Waals surface area contributed by atoms with E-state index < -0.39 is 0 Å². The van der Waals surface area contributed by atoms with E-state index in [0.717, 1.165) is 25.3 Å². The molecule has 1 aliphatic heterocycles. The number of piperidine rings is 1. The second-order valence-corrected chi connectivity index (χ2v) is 5.74. The standard InChI is InChI=1S/C16H20N4O2/c1-12-4-2-8-20(11-12)16(21)14-6-7-15(19-18-14)17-10-13-5-3-9-22-13/h3,5-7,9,12H,2,4,8,10-11H2,1H3,(H,17,19). The number of carbonyl (C=O) groups excluding carboxylic acids is 1. The van der Waals surface area contributed by atoms with Crippen LogP contribution in [0.3, 0.4) is 0 Å². The van der Waals surface area contributed by atoms with Crippen LogP contribution in [0, 0.1) is 5.92 Å². The highest BCUT2D eigenvalue weighted by molar-refractivity contribution is 5.92. The van der Waals surface area contributed by atoms with E-state index in [1.54, 1.807) is 18.4 Å². The first-order valence-corrected chi connectivity index (χ1v) is 7.61. The van der Waals surface area contributed by atoms with Gasteiger partial charge < -0.3 is 14.6 Å². The van der Waals surface area contributed by atoms with Crippen LogP contribution in [0.2, 0.25) is 0 Å². The van der Waals surface area contributed by atoms with Crippen molar-refractivity contribution >= 4 is 11.7 Å². The maximum Gasteiger partial charge on any atom is 0.274 e. The summed E-state index contributed by atoms with van der Waals surface area (Å²) in [4.78, 5) is 14.3. The minimum atomic E-state index is -0.0309. The molecular weight excluding hydrogens is 280 g/mol. The van der Waals surface area contributed by atoms with Gasteiger partial charge in [-0.05, 0) is 43.0 Å². The molecule has 6 nitrogen and oxygen atoms in total. The van der Waals surface area contributed by atoms with E-state index in [4.69, 9.17) is 4.42 Å². The van der Waals surface area contributed by atoms with E-state index in [2.05, 4.69) is 22.4 Å². The van der Waals surface area contributed by atoms with Crippen LogP contribution in [0.5, 0.6) is 0 Å². The molecule has 1 atom stereocenters. The summed E-state index contributed by atoms with van der Waals surface area (Å²) >= 11 is 0. The number of anilines is 1. The topological polar surface area (TPSA) is 71.3 Å². The van der Waals surface area contributed by atoms with E-state index >= 15 is 0 Å². The summed E-state index contributed by atoms with van der Waals surface area (Å²) in [6, 6.07) is 7.22. The fourth-order valence-electron chi connectivity index (χ4n) is 2.67. The summed E-state index contributed by atoms with van der Waals surface area (Å²) in [6.07, 6.45) is 3.87. The van der Waals surface area contributed by atoms with Crippen molar-refractivity contribution in [2.75, 3.05) is 18.4 Å². The molecule has 1 saturated heterocycles. The lowest BCUT2D eigenvalue weighted by Gasteiger charge is -2.30. The Morgan fingerprint density at radius 3 is 3.00 bits per heavy atom. The minimum absolute atomic E-state index is 0.0309. The molecule has 116 valence electrons. The van der Waals surface area contributed by atoms with E-state index in [1.807, 2.05) is 17.0 Å². The van der Waals surface area contributed by atoms with Crippen molar-refractivity contribution < 1.29 is 9.21 Å². The number of carbonyl (C=O) groups is 1. The Kier molecular flexibility index (Phi) is 4.37. The number of aromatic nitrogens is 2. The molecule has 3 rings (SSSR count). The zero-order chi connectivity index (χ0) is 15.4. The van der Waals surface area contributed by atoms with Crippen LogP contribution in [0.4, 0.5) is 5.82 Å². The van der Waals surface area contributed by atoms with Gasteiger partial charge in [0.15, 0.2) is 5.69 Å². The molecule has 3 heterocycles. The number of hydrogen-bond acceptors (Lipinski definition) is 5. The SMILES string of the molecule is CC1CCCN(C(=O)c2ccc(NCc3ccco3)nn2)C1. The summed E-state index contributed by atoms with van der Waals surface area (Å²) in [7, 11) is 0. The monoisotopic (exact) mass is 300 g/mol. The number of rotatable bonds is 4. The summed E-state index contributed by atoms with van der Waals surface area (Å²) < 4.78 is 5.24. The number of furan rings is 1. The number of hydrogen-bond donors (Lipinski definition) is 1. The van der Waals surface area contributed by atoms with Crippen LogP contribution < -0.4 is 5.32 Å². The van der Waals surface area contributed by atoms with Crippen molar-refractivity contribution in [3.05, 3.63) is 42.0 Å². The van der Waals surface area contributed by atoms with Crippen molar-refractivity contribution in [3.8, 4) is 0 Å². The van der Waals surface area contributed by atoms with Crippen LogP contribution in [0.15, 0.2) is 34.9 Å². The van der Waals surface area contributed by atoms with Gasteiger partial charge in [0.05, 0.1) is 12.8 Å². The lowest BCUT2D eigenvalue weighted by atomic mass is 10.00. The molecule has 1 amide bonds. The largest absolute Gasteiger partial charge is 0.467 e. The number of nitrogens with one attached hydrogen (secondary N) is 1. The Morgan fingerprint density at radius 2 is 2.32 bits per heavy atom. The molecule has 2 aromatic rings.